The third-order valence-corrected chi connectivity index (χ3v) is 10.6. The molecule has 0 amide bonds. The molecule has 0 radical (unpaired) electrons. The molecule has 0 unspecified atom stereocenters. The molecule has 0 saturated heterocycles. The van der Waals surface area contributed by atoms with Crippen molar-refractivity contribution in [1.29, 1.82) is 0 Å². The molecule has 0 fully saturated rings. The van der Waals surface area contributed by atoms with Gasteiger partial charge in [0, 0.05) is 38.9 Å². The maximum atomic E-state index is 11.0. The molecule has 9 rings (SSSR count). The van der Waals surface area contributed by atoms with Crippen LogP contribution in [0.25, 0.3) is 85.4 Å². The maximum absolute atomic E-state index is 11.0. The van der Waals surface area contributed by atoms with Crippen molar-refractivity contribution in [1.82, 2.24) is 19.5 Å². The van der Waals surface area contributed by atoms with E-state index in [-0.39, 0.29) is 27.5 Å². The Balaban J connectivity index is 1.69. The summed E-state index contributed by atoms with van der Waals surface area (Å²) >= 11 is 0. The summed E-state index contributed by atoms with van der Waals surface area (Å²) < 4.78 is 1.77. The van der Waals surface area contributed by atoms with Gasteiger partial charge in [-0.05, 0) is 93.8 Å². The molecular formula is C44H34B4N4O8. The molecule has 2 aliphatic rings. The van der Waals surface area contributed by atoms with Gasteiger partial charge in [-0.25, -0.2) is 9.97 Å². The lowest BCUT2D eigenvalue weighted by molar-refractivity contribution is 0.424. The summed E-state index contributed by atoms with van der Waals surface area (Å²) in [5, 5.41) is 87.9. The zero-order valence-electron chi connectivity index (χ0n) is 31.7. The van der Waals surface area contributed by atoms with Crippen molar-refractivity contribution >= 4 is 96.7 Å². The van der Waals surface area contributed by atoms with Crippen LogP contribution in [0.15, 0.2) is 127 Å². The van der Waals surface area contributed by atoms with Gasteiger partial charge in [-0.1, -0.05) is 91.0 Å². The molecule has 0 saturated carbocycles. The number of para-hydroxylation sites is 1. The summed E-state index contributed by atoms with van der Waals surface area (Å²) in [6.45, 7) is 0. The summed E-state index contributed by atoms with van der Waals surface area (Å²) in [5.41, 5.74) is 6.94. The van der Waals surface area contributed by atoms with Gasteiger partial charge < -0.3 is 49.7 Å². The molecule has 0 aliphatic carbocycles. The third kappa shape index (κ3) is 7.02. The number of H-pyrrole nitrogens is 1. The van der Waals surface area contributed by atoms with Gasteiger partial charge in [-0.2, -0.15) is 0 Å². The number of hydrogen-bond acceptors (Lipinski definition) is 10. The van der Waals surface area contributed by atoms with E-state index >= 15 is 0 Å². The SMILES string of the molecule is OB(O)c1ccccc1-c1c(-c2ccccc2B(O)O)c2c(-c3ccccc3B(O)O)c3nc(cc4ccc(cc5nc(cc1n2-c1ccccc1B(O)O)C=C5)[nH]4)C=C3. The Bertz CT molecular complexity index is 3050. The zero-order chi connectivity index (χ0) is 41.7. The molecular weight excluding hydrogens is 756 g/mol. The second kappa shape index (κ2) is 15.9. The van der Waals surface area contributed by atoms with E-state index in [1.165, 1.54) is 0 Å². The van der Waals surface area contributed by atoms with E-state index in [1.807, 2.05) is 42.5 Å². The average Bonchev–Trinajstić information content (AvgIpc) is 4.06. The van der Waals surface area contributed by atoms with Crippen LogP contribution in [-0.2, 0) is 0 Å². The number of hydrogen-bond donors (Lipinski definition) is 9. The van der Waals surface area contributed by atoms with E-state index in [2.05, 4.69) is 4.98 Å². The van der Waals surface area contributed by atoms with Crippen LogP contribution in [0, 0.1) is 0 Å². The first-order chi connectivity index (χ1) is 29.1. The Labute approximate surface area is 344 Å². The molecule has 4 aromatic carbocycles. The van der Waals surface area contributed by atoms with Crippen molar-refractivity contribution in [2.45, 2.75) is 0 Å². The molecule has 3 aromatic heterocycles. The highest BCUT2D eigenvalue weighted by Crippen LogP contribution is 2.46. The Hall–Kier alpha value is -6.58. The van der Waals surface area contributed by atoms with E-state index in [4.69, 9.17) is 9.97 Å². The first-order valence-electron chi connectivity index (χ1n) is 19.1. The number of aromatic nitrogens is 4. The molecule has 0 atom stereocenters. The Morgan fingerprint density at radius 1 is 0.417 bits per heavy atom. The minimum absolute atomic E-state index is 0.0900. The van der Waals surface area contributed by atoms with Crippen molar-refractivity contribution in [2.24, 2.45) is 0 Å². The fourth-order valence-electron chi connectivity index (χ4n) is 8.10. The second-order valence-corrected chi connectivity index (χ2v) is 14.4. The third-order valence-electron chi connectivity index (χ3n) is 10.6. The van der Waals surface area contributed by atoms with Gasteiger partial charge in [-0.3, -0.25) is 0 Å². The van der Waals surface area contributed by atoms with Crippen LogP contribution in [0.3, 0.4) is 0 Å². The average molecular weight is 790 g/mol. The number of aromatic amines is 1. The lowest BCUT2D eigenvalue weighted by Crippen LogP contribution is -2.33. The predicted octanol–water partition coefficient (Wildman–Crippen LogP) is 1.84. The van der Waals surface area contributed by atoms with Crippen molar-refractivity contribution in [2.75, 3.05) is 0 Å². The fraction of sp³-hybridized carbons (Fsp3) is 0. The van der Waals surface area contributed by atoms with Crippen LogP contribution in [0.1, 0.15) is 22.8 Å². The molecule has 9 N–H and O–H groups in total. The minimum Gasteiger partial charge on any atom is -0.423 e. The summed E-state index contributed by atoms with van der Waals surface area (Å²) in [6.07, 6.45) is 7.27. The van der Waals surface area contributed by atoms with Crippen LogP contribution in [0.2, 0.25) is 0 Å². The standard InChI is InChI=1S/C44H34B4N4O8/c53-45(54)34-12-4-1-9-31(34)41-38-22-21-29(51-38)24-28-18-17-26(49-28)23-27-19-20-30(50-27)25-40-42(32-10-2-5-13-35(32)46(55)56)43(33-11-3-6-14-36(33)47(57)58)44(41)52(40)39-16-8-7-15-37(39)48(59)60/h1-25,49,53-60H. The largest absolute Gasteiger partial charge is 0.490 e. The summed E-state index contributed by atoms with van der Waals surface area (Å²) in [6, 6.07) is 36.1. The van der Waals surface area contributed by atoms with Gasteiger partial charge in [0.1, 0.15) is 0 Å². The van der Waals surface area contributed by atoms with E-state index in [9.17, 15) is 40.2 Å². The number of benzene rings is 4. The van der Waals surface area contributed by atoms with E-state index < -0.39 is 28.5 Å². The normalized spacial score (nSPS) is 11.9. The molecule has 12 nitrogen and oxygen atoms in total. The number of rotatable bonds is 8. The smallest absolute Gasteiger partial charge is 0.423 e. The van der Waals surface area contributed by atoms with Gasteiger partial charge >= 0.3 is 28.5 Å². The second-order valence-electron chi connectivity index (χ2n) is 14.4. The minimum atomic E-state index is -1.99. The Morgan fingerprint density at radius 2 is 0.850 bits per heavy atom. The van der Waals surface area contributed by atoms with Crippen LogP contribution in [-0.4, -0.2) is 88.2 Å². The topological polar surface area (TPSA) is 208 Å². The van der Waals surface area contributed by atoms with Crippen LogP contribution in [0.5, 0.6) is 0 Å². The summed E-state index contributed by atoms with van der Waals surface area (Å²) in [7, 11) is -7.90. The maximum Gasteiger partial charge on any atom is 0.490 e. The fourth-order valence-corrected chi connectivity index (χ4v) is 8.10. The molecule has 5 heterocycles. The molecule has 2 aliphatic heterocycles. The number of nitrogens with zero attached hydrogens (tertiary/aromatic N) is 3. The van der Waals surface area contributed by atoms with Crippen LogP contribution in [0.4, 0.5) is 0 Å². The van der Waals surface area contributed by atoms with E-state index in [0.29, 0.717) is 67.2 Å². The number of fused-ring (bicyclic) bond motifs is 8. The monoisotopic (exact) mass is 790 g/mol. The first-order valence-corrected chi connectivity index (χ1v) is 19.1. The van der Waals surface area contributed by atoms with Crippen molar-refractivity contribution < 1.29 is 40.2 Å². The van der Waals surface area contributed by atoms with Gasteiger partial charge in [-0.15, -0.1) is 0 Å². The number of nitrogens with one attached hydrogen (secondary N) is 1. The predicted molar refractivity (Wildman–Crippen MR) is 239 cm³/mol. The molecule has 0 spiro atoms. The zero-order valence-corrected chi connectivity index (χ0v) is 31.7. The molecule has 8 bridgehead atoms. The van der Waals surface area contributed by atoms with E-state index in [1.54, 1.807) is 114 Å². The molecule has 16 heteroatoms. The molecule has 7 aromatic rings. The van der Waals surface area contributed by atoms with Crippen LogP contribution >= 0.6 is 0 Å². The van der Waals surface area contributed by atoms with Crippen molar-refractivity contribution in [3.05, 3.63) is 150 Å². The van der Waals surface area contributed by atoms with E-state index in [0.717, 1.165) is 11.0 Å². The lowest BCUT2D eigenvalue weighted by Gasteiger charge is -2.18. The first kappa shape index (κ1) is 38.9. The summed E-state index contributed by atoms with van der Waals surface area (Å²) in [4.78, 5) is 13.4. The molecule has 60 heavy (non-hydrogen) atoms. The Kier molecular flexibility index (Phi) is 10.3. The quantitative estimate of drug-likeness (QED) is 0.102. The van der Waals surface area contributed by atoms with Crippen molar-refractivity contribution in [3.8, 4) is 39.1 Å². The lowest BCUT2D eigenvalue weighted by atomic mass is 9.71. The molecule has 290 valence electrons. The van der Waals surface area contributed by atoms with Crippen LogP contribution < -0.4 is 21.9 Å². The van der Waals surface area contributed by atoms with Crippen molar-refractivity contribution in [3.63, 3.8) is 0 Å². The highest BCUT2D eigenvalue weighted by atomic mass is 16.4. The Morgan fingerprint density at radius 3 is 1.40 bits per heavy atom. The van der Waals surface area contributed by atoms with Gasteiger partial charge in [0.2, 0.25) is 0 Å². The highest BCUT2D eigenvalue weighted by Gasteiger charge is 2.33. The highest BCUT2D eigenvalue weighted by molar-refractivity contribution is 6.62. The van der Waals surface area contributed by atoms with Gasteiger partial charge in [0.15, 0.2) is 0 Å². The van der Waals surface area contributed by atoms with Gasteiger partial charge in [0.05, 0.1) is 33.8 Å². The summed E-state index contributed by atoms with van der Waals surface area (Å²) in [5.74, 6) is 0. The van der Waals surface area contributed by atoms with Gasteiger partial charge in [0.25, 0.3) is 0 Å².